The van der Waals surface area contributed by atoms with Gasteiger partial charge in [-0.15, -0.1) is 0 Å². The Balaban J connectivity index is 0.00000121. The van der Waals surface area contributed by atoms with Crippen molar-refractivity contribution in [3.8, 4) is 0 Å². The smallest absolute Gasteiger partial charge is 0.282 e. The molecule has 6 heteroatoms. The summed E-state index contributed by atoms with van der Waals surface area (Å²) in [7, 11) is -4.11. The second-order valence-corrected chi connectivity index (χ2v) is 3.79. The third kappa shape index (κ3) is 3.20. The number of hydrogen-bond acceptors (Lipinski definition) is 2. The summed E-state index contributed by atoms with van der Waals surface area (Å²) >= 11 is 5.48. The summed E-state index contributed by atoms with van der Waals surface area (Å²) in [5.74, 6) is 0. The predicted octanol–water partition coefficient (Wildman–Crippen LogP) is 1.21. The van der Waals surface area contributed by atoms with Crippen molar-refractivity contribution in [2.75, 3.05) is 0 Å². The molecule has 3 radical (unpaired) electrons. The molecule has 1 rings (SSSR count). The Morgan fingerprint density at radius 3 is 2.25 bits per heavy atom. The van der Waals surface area contributed by atoms with Gasteiger partial charge < -0.3 is 0 Å². The molecule has 0 aliphatic heterocycles. The molecule has 0 atom stereocenters. The van der Waals surface area contributed by atoms with E-state index in [0.717, 1.165) is 0 Å². The maximum absolute atomic E-state index is 10.5. The van der Waals surface area contributed by atoms with Gasteiger partial charge in [0.2, 0.25) is 0 Å². The SMILES string of the molecule is O=S(=O)(O)c1cccc(Cl)c1.[Ga]. The maximum Gasteiger partial charge on any atom is 0.294 e. The van der Waals surface area contributed by atoms with Gasteiger partial charge in [0.05, 0.1) is 4.90 Å². The van der Waals surface area contributed by atoms with E-state index in [1.807, 2.05) is 0 Å². The fourth-order valence-corrected chi connectivity index (χ4v) is 1.41. The van der Waals surface area contributed by atoms with Gasteiger partial charge in [0, 0.05) is 24.8 Å². The average Bonchev–Trinajstić information content (AvgIpc) is 1.86. The Morgan fingerprint density at radius 2 is 1.92 bits per heavy atom. The molecule has 0 heterocycles. The minimum atomic E-state index is -4.11. The maximum atomic E-state index is 10.5. The van der Waals surface area contributed by atoms with E-state index in [0.29, 0.717) is 0 Å². The van der Waals surface area contributed by atoms with E-state index in [1.54, 1.807) is 0 Å². The van der Waals surface area contributed by atoms with Crippen LogP contribution in [0.5, 0.6) is 0 Å². The van der Waals surface area contributed by atoms with Gasteiger partial charge in [0.15, 0.2) is 0 Å². The van der Waals surface area contributed by atoms with Crippen LogP contribution in [-0.4, -0.2) is 32.8 Å². The van der Waals surface area contributed by atoms with Gasteiger partial charge >= 0.3 is 0 Å². The van der Waals surface area contributed by atoms with Crippen molar-refractivity contribution in [1.29, 1.82) is 0 Å². The van der Waals surface area contributed by atoms with Crippen LogP contribution < -0.4 is 0 Å². The summed E-state index contributed by atoms with van der Waals surface area (Å²) in [6, 6.07) is 5.42. The molecule has 1 N–H and O–H groups in total. The molecule has 0 unspecified atom stereocenters. The van der Waals surface area contributed by atoms with Crippen LogP contribution in [0.1, 0.15) is 0 Å². The molecule has 12 heavy (non-hydrogen) atoms. The average molecular weight is 262 g/mol. The molecule has 0 bridgehead atoms. The van der Waals surface area contributed by atoms with Crippen LogP contribution in [0.4, 0.5) is 0 Å². The first-order valence-electron chi connectivity index (χ1n) is 2.73. The monoisotopic (exact) mass is 261 g/mol. The molecular formula is C6H5ClGaO3S. The van der Waals surface area contributed by atoms with Gasteiger partial charge in [-0.3, -0.25) is 4.55 Å². The zero-order valence-corrected chi connectivity index (χ0v) is 9.93. The van der Waals surface area contributed by atoms with Gasteiger partial charge in [-0.05, 0) is 18.2 Å². The Hall–Kier alpha value is 0.0564. The van der Waals surface area contributed by atoms with Gasteiger partial charge in [0.25, 0.3) is 10.1 Å². The fraction of sp³-hybridized carbons (Fsp3) is 0. The number of halogens is 1. The zero-order chi connectivity index (χ0) is 8.48. The zero-order valence-electron chi connectivity index (χ0n) is 5.94. The van der Waals surface area contributed by atoms with Crippen LogP contribution in [0, 0.1) is 0 Å². The van der Waals surface area contributed by atoms with E-state index in [4.69, 9.17) is 16.2 Å². The summed E-state index contributed by atoms with van der Waals surface area (Å²) in [6.45, 7) is 0. The standard InChI is InChI=1S/C6H5ClO3S.Ga/c7-5-2-1-3-6(4-5)11(8,9)10;/h1-4H,(H,8,9,10);. The van der Waals surface area contributed by atoms with Crippen LogP contribution in [0.25, 0.3) is 0 Å². The molecule has 0 spiro atoms. The van der Waals surface area contributed by atoms with Crippen molar-refractivity contribution >= 4 is 41.5 Å². The second-order valence-electron chi connectivity index (χ2n) is 1.93. The van der Waals surface area contributed by atoms with Crippen LogP contribution in [0.3, 0.4) is 0 Å². The molecule has 0 fully saturated rings. The van der Waals surface area contributed by atoms with E-state index < -0.39 is 10.1 Å². The normalized spacial score (nSPS) is 10.5. The summed E-state index contributed by atoms with van der Waals surface area (Å²) < 4.78 is 29.5. The molecule has 0 amide bonds. The molecule has 0 saturated carbocycles. The molecule has 3 nitrogen and oxygen atoms in total. The largest absolute Gasteiger partial charge is 0.294 e. The van der Waals surface area contributed by atoms with Crippen molar-refractivity contribution in [3.05, 3.63) is 29.3 Å². The van der Waals surface area contributed by atoms with E-state index in [1.165, 1.54) is 24.3 Å². The van der Waals surface area contributed by atoms with E-state index >= 15 is 0 Å². The minimum Gasteiger partial charge on any atom is -0.282 e. The number of hydrogen-bond donors (Lipinski definition) is 1. The first-order valence-corrected chi connectivity index (χ1v) is 4.55. The molecule has 1 aromatic rings. The van der Waals surface area contributed by atoms with Crippen molar-refractivity contribution in [2.24, 2.45) is 0 Å². The Labute approximate surface area is 88.5 Å². The Bertz CT molecular complexity index is 363. The molecule has 0 aliphatic rings. The van der Waals surface area contributed by atoms with Crippen LogP contribution in [-0.2, 0) is 10.1 Å². The molecule has 63 valence electrons. The summed E-state index contributed by atoms with van der Waals surface area (Å²) in [4.78, 5) is -0.190. The molecular weight excluding hydrogens is 257 g/mol. The van der Waals surface area contributed by atoms with Crippen molar-refractivity contribution in [1.82, 2.24) is 0 Å². The fourth-order valence-electron chi connectivity index (χ4n) is 0.627. The predicted molar refractivity (Wildman–Crippen MR) is 47.0 cm³/mol. The topological polar surface area (TPSA) is 54.4 Å². The van der Waals surface area contributed by atoms with Gasteiger partial charge in [-0.25, -0.2) is 0 Å². The van der Waals surface area contributed by atoms with E-state index in [9.17, 15) is 8.42 Å². The van der Waals surface area contributed by atoms with Crippen molar-refractivity contribution < 1.29 is 13.0 Å². The third-order valence-electron chi connectivity index (χ3n) is 1.09. The van der Waals surface area contributed by atoms with Crippen molar-refractivity contribution in [2.45, 2.75) is 4.90 Å². The van der Waals surface area contributed by atoms with Crippen LogP contribution in [0.15, 0.2) is 29.2 Å². The van der Waals surface area contributed by atoms with Gasteiger partial charge in [-0.2, -0.15) is 8.42 Å². The molecule has 0 aliphatic carbocycles. The van der Waals surface area contributed by atoms with E-state index in [-0.39, 0.29) is 29.7 Å². The van der Waals surface area contributed by atoms with E-state index in [2.05, 4.69) is 0 Å². The Kier molecular flexibility index (Phi) is 4.36. The van der Waals surface area contributed by atoms with Crippen LogP contribution in [0.2, 0.25) is 5.02 Å². The number of benzene rings is 1. The van der Waals surface area contributed by atoms with Gasteiger partial charge in [-0.1, -0.05) is 17.7 Å². The quantitative estimate of drug-likeness (QED) is 0.611. The first kappa shape index (κ1) is 12.1. The number of rotatable bonds is 1. The summed E-state index contributed by atoms with van der Waals surface area (Å²) in [5.41, 5.74) is 0. The first-order chi connectivity index (χ1) is 5.00. The minimum absolute atomic E-state index is 0. The summed E-state index contributed by atoms with van der Waals surface area (Å²) in [5, 5.41) is 0.278. The summed E-state index contributed by atoms with van der Waals surface area (Å²) in [6.07, 6.45) is 0. The third-order valence-corrected chi connectivity index (χ3v) is 2.18. The molecule has 0 aromatic heterocycles. The second kappa shape index (κ2) is 4.34. The Morgan fingerprint density at radius 1 is 1.33 bits per heavy atom. The molecule has 1 aromatic carbocycles. The van der Waals surface area contributed by atoms with Gasteiger partial charge in [0.1, 0.15) is 0 Å². The van der Waals surface area contributed by atoms with Crippen LogP contribution >= 0.6 is 11.6 Å². The molecule has 0 saturated heterocycles. The van der Waals surface area contributed by atoms with Crippen molar-refractivity contribution in [3.63, 3.8) is 0 Å².